The van der Waals surface area contributed by atoms with Crippen LogP contribution in [0.15, 0.2) is 12.1 Å². The van der Waals surface area contributed by atoms with Crippen LogP contribution < -0.4 is 7.85 Å². The lowest BCUT2D eigenvalue weighted by Gasteiger charge is -2.17. The average molecular weight is 442 g/mol. The van der Waals surface area contributed by atoms with Gasteiger partial charge in [0.25, 0.3) is 5.95 Å². The molecule has 118 valence electrons. The summed E-state index contributed by atoms with van der Waals surface area (Å²) in [5.74, 6) is -3.27. The van der Waals surface area contributed by atoms with E-state index in [1.165, 1.54) is 16.1 Å². The third-order valence-corrected chi connectivity index (χ3v) is 3.16. The molecule has 0 saturated heterocycles. The zero-order valence-corrected chi connectivity index (χ0v) is 15.0. The minimum absolute atomic E-state index is 0.0374. The zero-order chi connectivity index (χ0) is 16.7. The molecular weight excluding hydrogens is 430 g/mol. The number of aromatic nitrogens is 3. The minimum Gasteiger partial charge on any atom is -0.486 e. The maximum Gasteiger partial charge on any atom is 0.254 e. The fourth-order valence-corrected chi connectivity index (χ4v) is 1.93. The number of anilines is 1. The fourth-order valence-electron chi connectivity index (χ4n) is 1.64. The van der Waals surface area contributed by atoms with Gasteiger partial charge in [0.1, 0.15) is 12.3 Å². The van der Waals surface area contributed by atoms with E-state index < -0.39 is 16.9 Å². The van der Waals surface area contributed by atoms with E-state index in [1.807, 2.05) is 32.1 Å². The van der Waals surface area contributed by atoms with Crippen LogP contribution in [0, 0.1) is 0 Å². The molecule has 2 unspecified atom stereocenters. The summed E-state index contributed by atoms with van der Waals surface area (Å²) in [6.07, 6.45) is 0. The summed E-state index contributed by atoms with van der Waals surface area (Å²) >= 11 is 1.89. The van der Waals surface area contributed by atoms with E-state index >= 15 is 0 Å². The lowest BCUT2D eigenvalue weighted by molar-refractivity contribution is 0.0862. The van der Waals surface area contributed by atoms with Crippen LogP contribution in [-0.4, -0.2) is 41.5 Å². The van der Waals surface area contributed by atoms with Crippen LogP contribution in [0.2, 0.25) is 0 Å². The first-order chi connectivity index (χ1) is 9.99. The van der Waals surface area contributed by atoms with Gasteiger partial charge in [-0.05, 0) is 19.1 Å². The van der Waals surface area contributed by atoms with E-state index in [9.17, 15) is 13.2 Å². The maximum absolute atomic E-state index is 13.5. The molecule has 0 aromatic carbocycles. The van der Waals surface area contributed by atoms with Crippen molar-refractivity contribution in [3.63, 3.8) is 0 Å². The summed E-state index contributed by atoms with van der Waals surface area (Å²) < 4.78 is 48.2. The van der Waals surface area contributed by atoms with Gasteiger partial charge in [0.15, 0.2) is 24.7 Å². The molecular formula is C11H12BF3IN4OP. The van der Waals surface area contributed by atoms with E-state index in [2.05, 4.69) is 10.1 Å². The van der Waals surface area contributed by atoms with Crippen molar-refractivity contribution in [1.29, 1.82) is 0 Å². The molecule has 0 aliphatic rings. The third-order valence-electron chi connectivity index (χ3n) is 2.56. The molecule has 2 aromatic heterocycles. The van der Waals surface area contributed by atoms with Crippen LogP contribution in [0.3, 0.4) is 0 Å². The molecule has 2 rings (SSSR count). The van der Waals surface area contributed by atoms with Crippen molar-refractivity contribution in [3.8, 4) is 5.75 Å². The lowest BCUT2D eigenvalue weighted by atomic mass is 9.95. The van der Waals surface area contributed by atoms with Crippen LogP contribution >= 0.6 is 32.1 Å². The minimum atomic E-state index is -3.60. The second-order valence-electron chi connectivity index (χ2n) is 4.90. The molecule has 11 heteroatoms. The fraction of sp³-hybridized carbons (Fsp3) is 0.455. The molecule has 0 fully saturated rings. The van der Waals surface area contributed by atoms with E-state index in [0.717, 1.165) is 10.6 Å². The smallest absolute Gasteiger partial charge is 0.254 e. The summed E-state index contributed by atoms with van der Waals surface area (Å²) in [7, 11) is 8.50. The summed E-state index contributed by atoms with van der Waals surface area (Å²) in [6.45, 7) is 1.03. The molecule has 0 spiro atoms. The Balaban J connectivity index is 2.55. The van der Waals surface area contributed by atoms with Gasteiger partial charge in [-0.25, -0.2) is 17.7 Å². The number of hydrogen-bond acceptors (Lipinski definition) is 4. The Morgan fingerprint density at radius 2 is 2.09 bits per heavy atom. The Labute approximate surface area is 142 Å². The number of halogens is 4. The van der Waals surface area contributed by atoms with Gasteiger partial charge in [-0.15, -0.1) is 5.10 Å². The average Bonchev–Trinajstić information content (AvgIpc) is 2.78. The molecule has 5 nitrogen and oxygen atoms in total. The predicted molar refractivity (Wildman–Crippen MR) is 89.8 cm³/mol. The van der Waals surface area contributed by atoms with Gasteiger partial charge in [-0.1, -0.05) is 9.24 Å². The van der Waals surface area contributed by atoms with Crippen molar-refractivity contribution >= 4 is 51.5 Å². The second kappa shape index (κ2) is 6.03. The Morgan fingerprint density at radius 1 is 1.45 bits per heavy atom. The van der Waals surface area contributed by atoms with Gasteiger partial charge in [0.2, 0.25) is 5.82 Å². The molecule has 0 N–H and O–H groups in total. The highest BCUT2D eigenvalue weighted by molar-refractivity contribution is 14.1. The molecule has 0 amide bonds. The first kappa shape index (κ1) is 17.6. The van der Waals surface area contributed by atoms with Crippen LogP contribution in [0.5, 0.6) is 5.75 Å². The van der Waals surface area contributed by atoms with Gasteiger partial charge in [0.05, 0.1) is 22.9 Å². The largest absolute Gasteiger partial charge is 0.486 e. The molecule has 2 radical (unpaired) electrons. The highest BCUT2D eigenvalue weighted by atomic mass is 127. The van der Waals surface area contributed by atoms with E-state index in [-0.39, 0.29) is 24.0 Å². The summed E-state index contributed by atoms with van der Waals surface area (Å²) in [6, 6.07) is 2.35. The number of ether oxygens (including phenoxy) is 1. The zero-order valence-electron chi connectivity index (χ0n) is 11.7. The van der Waals surface area contributed by atoms with Gasteiger partial charge in [-0.3, -0.25) is 3.11 Å². The number of alkyl halides is 3. The number of hydrogen-bond donors (Lipinski definition) is 0. The van der Waals surface area contributed by atoms with E-state index in [4.69, 9.17) is 12.6 Å². The Kier molecular flexibility index (Phi) is 4.82. The summed E-state index contributed by atoms with van der Waals surface area (Å²) in [5, 5.41) is 2.31. The number of fused-ring (bicyclic) bond motifs is 1. The van der Waals surface area contributed by atoms with Crippen molar-refractivity contribution in [2.45, 2.75) is 18.2 Å². The lowest BCUT2D eigenvalue weighted by Crippen LogP contribution is -2.21. The first-order valence-electron chi connectivity index (χ1n) is 6.06. The second-order valence-corrected chi connectivity index (χ2v) is 7.55. The van der Waals surface area contributed by atoms with Crippen LogP contribution in [0.25, 0.3) is 5.65 Å². The first-order valence-corrected chi connectivity index (χ1v) is 7.60. The van der Waals surface area contributed by atoms with Crippen molar-refractivity contribution in [1.82, 2.24) is 14.6 Å². The summed E-state index contributed by atoms with van der Waals surface area (Å²) in [5.41, 5.74) is -0.504. The van der Waals surface area contributed by atoms with Crippen molar-refractivity contribution in [2.75, 3.05) is 16.8 Å². The third kappa shape index (κ3) is 3.95. The van der Waals surface area contributed by atoms with Gasteiger partial charge in [-0.2, -0.15) is 4.98 Å². The van der Waals surface area contributed by atoms with Gasteiger partial charge < -0.3 is 4.74 Å². The van der Waals surface area contributed by atoms with Gasteiger partial charge >= 0.3 is 0 Å². The van der Waals surface area contributed by atoms with Crippen molar-refractivity contribution in [2.24, 2.45) is 0 Å². The number of rotatable bonds is 5. The van der Waals surface area contributed by atoms with Crippen molar-refractivity contribution < 1.29 is 17.9 Å². The standard InChI is InChI=1S/C11H12BF3IN4OP/c1-10(13,22)5-21-6-3-4-7(11(12,14)15)20-8(6)17-9(18-20)19(2)16/h3-4H,5,22H2,1-2H3. The molecule has 0 aliphatic heterocycles. The highest BCUT2D eigenvalue weighted by Gasteiger charge is 2.29. The normalized spacial score (nSPS) is 14.9. The quantitative estimate of drug-likeness (QED) is 0.310. The molecule has 2 heterocycles. The predicted octanol–water partition coefficient (Wildman–Crippen LogP) is 2.67. The Bertz CT molecular complexity index is 686. The Hall–Kier alpha value is -0.765. The number of nitrogens with zero attached hydrogens (tertiary/aromatic N) is 4. The maximum atomic E-state index is 13.5. The van der Waals surface area contributed by atoms with Crippen LogP contribution in [0.4, 0.5) is 19.1 Å². The molecule has 0 aliphatic carbocycles. The topological polar surface area (TPSA) is 42.7 Å². The van der Waals surface area contributed by atoms with Gasteiger partial charge in [0, 0.05) is 7.05 Å². The SMILES string of the molecule is [B]C(F)(F)c1ccc(OCC(C)(F)P)c2nc(N(C)I)nn12. The molecule has 2 atom stereocenters. The van der Waals surface area contributed by atoms with Crippen LogP contribution in [-0.2, 0) is 5.82 Å². The van der Waals surface area contributed by atoms with E-state index in [1.54, 1.807) is 7.05 Å². The summed E-state index contributed by atoms with van der Waals surface area (Å²) in [4.78, 5) is 4.11. The molecule has 0 saturated carbocycles. The highest BCUT2D eigenvalue weighted by Crippen LogP contribution is 2.31. The van der Waals surface area contributed by atoms with E-state index in [0.29, 0.717) is 0 Å². The van der Waals surface area contributed by atoms with Crippen LogP contribution in [0.1, 0.15) is 12.6 Å². The molecule has 2 aromatic rings. The number of pyridine rings is 1. The Morgan fingerprint density at radius 3 is 2.59 bits per heavy atom. The van der Waals surface area contributed by atoms with Crippen molar-refractivity contribution in [3.05, 3.63) is 17.8 Å². The molecule has 0 bridgehead atoms. The monoisotopic (exact) mass is 442 g/mol. The molecule has 22 heavy (non-hydrogen) atoms.